The number of rotatable bonds is 5. The van der Waals surface area contributed by atoms with E-state index in [9.17, 15) is 9.59 Å². The number of carboxylic acids is 1. The smallest absolute Gasteiger partial charge is 0.329 e. The minimum absolute atomic E-state index is 0.215. The van der Waals surface area contributed by atoms with E-state index in [1.54, 1.807) is 0 Å². The molecule has 0 saturated carbocycles. The molecule has 9 heteroatoms. The van der Waals surface area contributed by atoms with Crippen LogP contribution >= 0.6 is 11.5 Å². The van der Waals surface area contributed by atoms with Crippen LogP contribution in [0.25, 0.3) is 0 Å². The molecule has 1 unspecified atom stereocenters. The van der Waals surface area contributed by atoms with E-state index < -0.39 is 17.5 Å². The third kappa shape index (κ3) is 3.63. The molecule has 0 bridgehead atoms. The second kappa shape index (κ2) is 5.53. The van der Waals surface area contributed by atoms with Crippen molar-refractivity contribution in [1.29, 1.82) is 0 Å². The van der Waals surface area contributed by atoms with Crippen molar-refractivity contribution >= 4 is 28.7 Å². The Bertz CT molecular complexity index is 396. The van der Waals surface area contributed by atoms with E-state index >= 15 is 0 Å². The van der Waals surface area contributed by atoms with Crippen LogP contribution in [0.2, 0.25) is 0 Å². The first-order valence-corrected chi connectivity index (χ1v) is 5.73. The second-order valence-electron chi connectivity index (χ2n) is 3.63. The number of carbonyl (C=O) groups is 2. The molecule has 0 fully saturated rings. The Labute approximate surface area is 102 Å². The summed E-state index contributed by atoms with van der Waals surface area (Å²) >= 11 is 0.907. The molecule has 1 atom stereocenters. The maximum absolute atomic E-state index is 11.5. The summed E-state index contributed by atoms with van der Waals surface area (Å²) in [6, 6.07) is -0.637. The highest BCUT2D eigenvalue weighted by molar-refractivity contribution is 7.09. The van der Waals surface area contributed by atoms with Crippen LogP contribution in [-0.2, 0) is 4.79 Å². The van der Waals surface area contributed by atoms with Crippen molar-refractivity contribution in [3.05, 3.63) is 0 Å². The average Bonchev–Trinajstić information content (AvgIpc) is 2.70. The largest absolute Gasteiger partial charge is 0.480 e. The van der Waals surface area contributed by atoms with Gasteiger partial charge in [-0.15, -0.1) is 0 Å². The average molecular weight is 259 g/mol. The lowest BCUT2D eigenvalue weighted by molar-refractivity contribution is -0.143. The number of carboxylic acid groups (broad SMARTS) is 1. The number of aromatic nitrogens is 3. The fourth-order valence-electron chi connectivity index (χ4n) is 1.28. The normalized spacial score (nSPS) is 13.8. The Hall–Kier alpha value is -1.77. The molecule has 0 aromatic carbocycles. The molecule has 0 radical (unpaired) electrons. The highest BCUT2D eigenvalue weighted by Crippen LogP contribution is 2.13. The van der Waals surface area contributed by atoms with Gasteiger partial charge in [0.05, 0.1) is 0 Å². The van der Waals surface area contributed by atoms with Crippen LogP contribution in [0.15, 0.2) is 0 Å². The Morgan fingerprint density at radius 1 is 1.53 bits per heavy atom. The van der Waals surface area contributed by atoms with Gasteiger partial charge in [-0.05, 0) is 18.6 Å². The summed E-state index contributed by atoms with van der Waals surface area (Å²) in [6.45, 7) is 3.30. The van der Waals surface area contributed by atoms with Crippen molar-refractivity contribution in [3.8, 4) is 0 Å². The van der Waals surface area contributed by atoms with Crippen LogP contribution in [-0.4, -0.2) is 37.4 Å². The number of nitrogens with zero attached hydrogens (tertiary/aromatic N) is 3. The zero-order valence-corrected chi connectivity index (χ0v) is 10.2. The molecule has 1 rings (SSSR count). The number of nitrogens with one attached hydrogen (secondary N) is 2. The van der Waals surface area contributed by atoms with E-state index in [4.69, 9.17) is 5.11 Å². The summed E-state index contributed by atoms with van der Waals surface area (Å²) < 4.78 is 3.46. The summed E-state index contributed by atoms with van der Waals surface area (Å²) in [4.78, 5) is 22.6. The second-order valence-corrected chi connectivity index (χ2v) is 4.37. The highest BCUT2D eigenvalue weighted by Gasteiger charge is 2.33. The lowest BCUT2D eigenvalue weighted by Gasteiger charge is -2.25. The first-order valence-electron chi connectivity index (χ1n) is 4.95. The minimum atomic E-state index is -1.29. The van der Waals surface area contributed by atoms with Crippen molar-refractivity contribution in [1.82, 2.24) is 20.1 Å². The van der Waals surface area contributed by atoms with Gasteiger partial charge >= 0.3 is 12.0 Å². The molecule has 1 aromatic heterocycles. The van der Waals surface area contributed by atoms with Crippen molar-refractivity contribution in [3.63, 3.8) is 0 Å². The molecular weight excluding hydrogens is 246 g/mol. The third-order valence-electron chi connectivity index (χ3n) is 2.13. The Balaban J connectivity index is 2.61. The van der Waals surface area contributed by atoms with E-state index in [1.807, 2.05) is 6.92 Å². The molecule has 2 amide bonds. The van der Waals surface area contributed by atoms with Crippen molar-refractivity contribution in [2.75, 3.05) is 5.32 Å². The molecule has 0 spiro atoms. The van der Waals surface area contributed by atoms with Crippen LogP contribution in [0.4, 0.5) is 9.93 Å². The SMILES string of the molecule is CCCC(C)(NC(=O)Nc1nnns1)C(=O)O. The topological polar surface area (TPSA) is 117 Å². The highest BCUT2D eigenvalue weighted by atomic mass is 32.1. The fourth-order valence-corrected chi connectivity index (χ4v) is 1.65. The number of hydrogen-bond acceptors (Lipinski definition) is 6. The van der Waals surface area contributed by atoms with Gasteiger partial charge in [-0.1, -0.05) is 22.9 Å². The van der Waals surface area contributed by atoms with Crippen LogP contribution in [0.3, 0.4) is 0 Å². The van der Waals surface area contributed by atoms with Gasteiger partial charge in [0.25, 0.3) is 0 Å². The van der Waals surface area contributed by atoms with Gasteiger partial charge in [0.15, 0.2) is 0 Å². The number of carbonyl (C=O) groups excluding carboxylic acids is 1. The van der Waals surface area contributed by atoms with E-state index in [1.165, 1.54) is 6.92 Å². The van der Waals surface area contributed by atoms with E-state index in [0.29, 0.717) is 12.8 Å². The predicted octanol–water partition coefficient (Wildman–Crippen LogP) is 0.698. The standard InChI is InChI=1S/C8H13N5O3S/c1-3-4-8(2,5(14)15)10-6(16)9-7-11-12-13-17-7/h3-4H2,1-2H3,(H,14,15)(H2,9,10,11,13,16). The maximum atomic E-state index is 11.5. The molecule has 8 nitrogen and oxygen atoms in total. The molecule has 0 aliphatic rings. The van der Waals surface area contributed by atoms with Gasteiger partial charge in [0, 0.05) is 11.5 Å². The van der Waals surface area contributed by atoms with E-state index in [2.05, 4.69) is 25.4 Å². The summed E-state index contributed by atoms with van der Waals surface area (Å²) in [6.07, 6.45) is 0.980. The zero-order valence-electron chi connectivity index (χ0n) is 9.43. The lowest BCUT2D eigenvalue weighted by atomic mass is 9.97. The maximum Gasteiger partial charge on any atom is 0.329 e. The fraction of sp³-hybridized carbons (Fsp3) is 0.625. The van der Waals surface area contributed by atoms with Gasteiger partial charge in [0.2, 0.25) is 5.13 Å². The summed E-state index contributed by atoms with van der Waals surface area (Å²) in [5.41, 5.74) is -1.29. The van der Waals surface area contributed by atoms with E-state index in [-0.39, 0.29) is 5.13 Å². The first kappa shape index (κ1) is 13.3. The number of hydrogen-bond donors (Lipinski definition) is 3. The number of urea groups is 1. The quantitative estimate of drug-likeness (QED) is 0.716. The Kier molecular flexibility index (Phi) is 4.32. The third-order valence-corrected chi connectivity index (χ3v) is 2.64. The van der Waals surface area contributed by atoms with Crippen LogP contribution in [0.1, 0.15) is 26.7 Å². The predicted molar refractivity (Wildman–Crippen MR) is 60.8 cm³/mol. The molecule has 3 N–H and O–H groups in total. The van der Waals surface area contributed by atoms with Gasteiger partial charge in [-0.2, -0.15) is 0 Å². The Morgan fingerprint density at radius 3 is 2.71 bits per heavy atom. The summed E-state index contributed by atoms with van der Waals surface area (Å²) in [5, 5.41) is 20.8. The van der Waals surface area contributed by atoms with Crippen LogP contribution in [0, 0.1) is 0 Å². The number of aliphatic carboxylic acids is 1. The monoisotopic (exact) mass is 259 g/mol. The molecule has 1 aromatic rings. The van der Waals surface area contributed by atoms with Gasteiger partial charge in [-0.25, -0.2) is 9.59 Å². The van der Waals surface area contributed by atoms with Gasteiger partial charge in [-0.3, -0.25) is 5.32 Å². The van der Waals surface area contributed by atoms with Gasteiger partial charge < -0.3 is 10.4 Å². The lowest BCUT2D eigenvalue weighted by Crippen LogP contribution is -2.53. The molecule has 0 aliphatic heterocycles. The molecule has 94 valence electrons. The number of amides is 2. The van der Waals surface area contributed by atoms with Crippen molar-refractivity contribution < 1.29 is 14.7 Å². The van der Waals surface area contributed by atoms with Gasteiger partial charge in [0.1, 0.15) is 5.54 Å². The number of anilines is 1. The van der Waals surface area contributed by atoms with Crippen LogP contribution in [0.5, 0.6) is 0 Å². The Morgan fingerprint density at radius 2 is 2.24 bits per heavy atom. The summed E-state index contributed by atoms with van der Waals surface area (Å²) in [5.74, 6) is -1.08. The van der Waals surface area contributed by atoms with Crippen molar-refractivity contribution in [2.45, 2.75) is 32.2 Å². The molecule has 17 heavy (non-hydrogen) atoms. The van der Waals surface area contributed by atoms with E-state index in [0.717, 1.165) is 11.5 Å². The first-order chi connectivity index (χ1) is 7.98. The van der Waals surface area contributed by atoms with Crippen molar-refractivity contribution in [2.24, 2.45) is 0 Å². The summed E-state index contributed by atoms with van der Waals surface area (Å²) in [7, 11) is 0. The molecule has 0 aliphatic carbocycles. The molecular formula is C8H13N5O3S. The zero-order chi connectivity index (χ0) is 12.9. The molecule has 1 heterocycles. The minimum Gasteiger partial charge on any atom is -0.480 e. The molecule has 0 saturated heterocycles. The van der Waals surface area contributed by atoms with Crippen LogP contribution < -0.4 is 10.6 Å².